The first-order valence-corrected chi connectivity index (χ1v) is 11.2. The van der Waals surface area contributed by atoms with E-state index >= 15 is 0 Å². The van der Waals surface area contributed by atoms with Crippen LogP contribution in [0.15, 0.2) is 48.5 Å². The molecule has 158 valence electrons. The van der Waals surface area contributed by atoms with E-state index in [-0.39, 0.29) is 12.1 Å². The van der Waals surface area contributed by atoms with Crippen molar-refractivity contribution in [3.05, 3.63) is 65.2 Å². The average molecular weight is 397 g/mol. The van der Waals surface area contributed by atoms with E-state index in [2.05, 4.69) is 19.9 Å². The highest BCUT2D eigenvalue weighted by Gasteiger charge is 2.13. The Kier molecular flexibility index (Phi) is 10.5. The summed E-state index contributed by atoms with van der Waals surface area (Å²) in [6.45, 7) is 7.22. The molecule has 0 aliphatic carbocycles. The molecule has 0 saturated carbocycles. The van der Waals surface area contributed by atoms with Crippen molar-refractivity contribution in [3.8, 4) is 5.75 Å². The van der Waals surface area contributed by atoms with E-state index in [0.717, 1.165) is 37.0 Å². The Morgan fingerprint density at radius 1 is 0.862 bits per heavy atom. The molecular weight excluding hydrogens is 360 g/mol. The van der Waals surface area contributed by atoms with Crippen molar-refractivity contribution in [1.29, 1.82) is 0 Å². The lowest BCUT2D eigenvalue weighted by Crippen LogP contribution is -2.10. The Morgan fingerprint density at radius 2 is 1.55 bits per heavy atom. The van der Waals surface area contributed by atoms with Crippen LogP contribution in [0.4, 0.5) is 0 Å². The van der Waals surface area contributed by atoms with E-state index in [0.29, 0.717) is 11.3 Å². The van der Waals surface area contributed by atoms with E-state index in [1.165, 1.54) is 32.1 Å². The van der Waals surface area contributed by atoms with Gasteiger partial charge in [0, 0.05) is 6.61 Å². The summed E-state index contributed by atoms with van der Waals surface area (Å²) in [4.78, 5) is 12.6. The van der Waals surface area contributed by atoms with Crippen molar-refractivity contribution in [2.45, 2.75) is 78.2 Å². The maximum absolute atomic E-state index is 12.6. The minimum absolute atomic E-state index is 0.0285. The SMILES string of the molecule is CCCCCCc1ccccc1OC(=O)c1ccc(C(C)OCCCCC)cc1. The van der Waals surface area contributed by atoms with E-state index in [1.54, 1.807) is 0 Å². The van der Waals surface area contributed by atoms with Crippen molar-refractivity contribution in [2.24, 2.45) is 0 Å². The van der Waals surface area contributed by atoms with Crippen molar-refractivity contribution < 1.29 is 14.3 Å². The number of para-hydroxylation sites is 1. The molecule has 0 saturated heterocycles. The summed E-state index contributed by atoms with van der Waals surface area (Å²) in [6, 6.07) is 15.4. The molecule has 0 fully saturated rings. The topological polar surface area (TPSA) is 35.5 Å². The molecule has 3 nitrogen and oxygen atoms in total. The summed E-state index contributed by atoms with van der Waals surface area (Å²) in [7, 11) is 0. The molecule has 0 radical (unpaired) electrons. The normalized spacial score (nSPS) is 12.0. The van der Waals surface area contributed by atoms with Crippen LogP contribution in [0, 0.1) is 0 Å². The third-order valence-electron chi connectivity index (χ3n) is 5.21. The molecule has 0 heterocycles. The van der Waals surface area contributed by atoms with E-state index in [1.807, 2.05) is 49.4 Å². The van der Waals surface area contributed by atoms with Crippen LogP contribution in [-0.2, 0) is 11.2 Å². The molecule has 2 rings (SSSR count). The molecule has 0 N–H and O–H groups in total. The Hall–Kier alpha value is -2.13. The minimum atomic E-state index is -0.311. The highest BCUT2D eigenvalue weighted by molar-refractivity contribution is 5.91. The quantitative estimate of drug-likeness (QED) is 0.202. The zero-order valence-corrected chi connectivity index (χ0v) is 18.3. The predicted octanol–water partition coefficient (Wildman–Crippen LogP) is 7.30. The fourth-order valence-electron chi connectivity index (χ4n) is 3.31. The Balaban J connectivity index is 1.92. The maximum atomic E-state index is 12.6. The second-order valence-corrected chi connectivity index (χ2v) is 7.65. The second-order valence-electron chi connectivity index (χ2n) is 7.65. The third-order valence-corrected chi connectivity index (χ3v) is 5.21. The number of carbonyl (C=O) groups is 1. The number of ether oxygens (including phenoxy) is 2. The van der Waals surface area contributed by atoms with Gasteiger partial charge in [-0.2, -0.15) is 0 Å². The molecule has 1 atom stereocenters. The van der Waals surface area contributed by atoms with Gasteiger partial charge in [-0.05, 0) is 55.5 Å². The Labute approximate surface area is 176 Å². The van der Waals surface area contributed by atoms with Gasteiger partial charge in [0.2, 0.25) is 0 Å². The predicted molar refractivity (Wildman–Crippen MR) is 120 cm³/mol. The highest BCUT2D eigenvalue weighted by Crippen LogP contribution is 2.23. The molecule has 2 aromatic carbocycles. The first kappa shape index (κ1) is 23.2. The van der Waals surface area contributed by atoms with Crippen molar-refractivity contribution in [1.82, 2.24) is 0 Å². The second kappa shape index (κ2) is 13.2. The molecule has 0 amide bonds. The van der Waals surface area contributed by atoms with Crippen molar-refractivity contribution >= 4 is 5.97 Å². The lowest BCUT2D eigenvalue weighted by Gasteiger charge is -2.14. The summed E-state index contributed by atoms with van der Waals surface area (Å²) in [5, 5.41) is 0. The molecule has 0 bridgehead atoms. The summed E-state index contributed by atoms with van der Waals surface area (Å²) < 4.78 is 11.6. The van der Waals surface area contributed by atoms with Crippen molar-refractivity contribution in [2.75, 3.05) is 6.61 Å². The van der Waals surface area contributed by atoms with Gasteiger partial charge in [0.25, 0.3) is 0 Å². The molecule has 2 aromatic rings. The van der Waals surface area contributed by atoms with Crippen LogP contribution >= 0.6 is 0 Å². The van der Waals surface area contributed by atoms with Gasteiger partial charge in [-0.25, -0.2) is 4.79 Å². The number of hydrogen-bond donors (Lipinski definition) is 0. The van der Waals surface area contributed by atoms with Gasteiger partial charge >= 0.3 is 5.97 Å². The van der Waals surface area contributed by atoms with Gasteiger partial charge in [-0.15, -0.1) is 0 Å². The fraction of sp³-hybridized carbons (Fsp3) is 0.500. The molecule has 1 unspecified atom stereocenters. The summed E-state index contributed by atoms with van der Waals surface area (Å²) >= 11 is 0. The first-order chi connectivity index (χ1) is 14.2. The number of hydrogen-bond acceptors (Lipinski definition) is 3. The van der Waals surface area contributed by atoms with Crippen molar-refractivity contribution in [3.63, 3.8) is 0 Å². The number of unbranched alkanes of at least 4 members (excludes halogenated alkanes) is 5. The fourth-order valence-corrected chi connectivity index (χ4v) is 3.31. The lowest BCUT2D eigenvalue weighted by atomic mass is 10.1. The first-order valence-electron chi connectivity index (χ1n) is 11.2. The van der Waals surface area contributed by atoms with Crippen LogP contribution in [0.3, 0.4) is 0 Å². The third kappa shape index (κ3) is 8.02. The summed E-state index contributed by atoms with van der Waals surface area (Å²) in [5.74, 6) is 0.361. The number of benzene rings is 2. The van der Waals surface area contributed by atoms with Crippen LogP contribution in [0.5, 0.6) is 5.75 Å². The zero-order chi connectivity index (χ0) is 20.9. The smallest absolute Gasteiger partial charge is 0.343 e. The van der Waals surface area contributed by atoms with Crippen LogP contribution < -0.4 is 4.74 Å². The van der Waals surface area contributed by atoms with Crippen LogP contribution in [0.1, 0.15) is 93.3 Å². The molecule has 0 aromatic heterocycles. The number of aryl methyl sites for hydroxylation is 1. The largest absolute Gasteiger partial charge is 0.423 e. The van der Waals surface area contributed by atoms with Gasteiger partial charge in [-0.1, -0.05) is 76.3 Å². The van der Waals surface area contributed by atoms with Crippen LogP contribution in [0.25, 0.3) is 0 Å². The average Bonchev–Trinajstić information content (AvgIpc) is 2.75. The van der Waals surface area contributed by atoms with E-state index in [4.69, 9.17) is 9.47 Å². The maximum Gasteiger partial charge on any atom is 0.343 e. The van der Waals surface area contributed by atoms with Crippen LogP contribution in [0.2, 0.25) is 0 Å². The van der Waals surface area contributed by atoms with Crippen LogP contribution in [-0.4, -0.2) is 12.6 Å². The highest BCUT2D eigenvalue weighted by atomic mass is 16.5. The molecule has 0 aliphatic rings. The monoisotopic (exact) mass is 396 g/mol. The molecule has 29 heavy (non-hydrogen) atoms. The Bertz CT molecular complexity index is 721. The van der Waals surface area contributed by atoms with E-state index < -0.39 is 0 Å². The lowest BCUT2D eigenvalue weighted by molar-refractivity contribution is 0.0628. The molecular formula is C26H36O3. The summed E-state index contributed by atoms with van der Waals surface area (Å²) in [6.07, 6.45) is 9.23. The molecule has 0 spiro atoms. The van der Waals surface area contributed by atoms with Gasteiger partial charge in [-0.3, -0.25) is 0 Å². The molecule has 3 heteroatoms. The zero-order valence-electron chi connectivity index (χ0n) is 18.3. The Morgan fingerprint density at radius 3 is 2.28 bits per heavy atom. The van der Waals surface area contributed by atoms with E-state index in [9.17, 15) is 4.79 Å². The summed E-state index contributed by atoms with van der Waals surface area (Å²) in [5.41, 5.74) is 2.74. The number of esters is 1. The molecule has 0 aliphatic heterocycles. The van der Waals surface area contributed by atoms with Gasteiger partial charge in [0.1, 0.15) is 5.75 Å². The van der Waals surface area contributed by atoms with Gasteiger partial charge < -0.3 is 9.47 Å². The van der Waals surface area contributed by atoms with Gasteiger partial charge in [0.05, 0.1) is 11.7 Å². The number of rotatable bonds is 13. The van der Waals surface area contributed by atoms with Gasteiger partial charge in [0.15, 0.2) is 0 Å². The number of carbonyl (C=O) groups excluding carboxylic acids is 1. The minimum Gasteiger partial charge on any atom is -0.423 e. The standard InChI is InChI=1S/C26H36O3/c1-4-6-8-9-13-23-14-10-11-15-25(23)29-26(27)24-18-16-22(17-19-24)21(3)28-20-12-7-5-2/h10-11,14-19,21H,4-9,12-13,20H2,1-3H3.